The van der Waals surface area contributed by atoms with Crippen molar-refractivity contribution in [2.24, 2.45) is 4.99 Å². The minimum absolute atomic E-state index is 0. The van der Waals surface area contributed by atoms with Crippen LogP contribution in [0.4, 0.5) is 13.2 Å². The number of halogens is 4. The average molecular weight is 521 g/mol. The summed E-state index contributed by atoms with van der Waals surface area (Å²) < 4.78 is 42.8. The number of nitrogens with zero attached hydrogens (tertiary/aromatic N) is 4. The van der Waals surface area contributed by atoms with Gasteiger partial charge in [0.15, 0.2) is 5.96 Å². The summed E-state index contributed by atoms with van der Waals surface area (Å²) in [6.07, 6.45) is -3.54. The van der Waals surface area contributed by atoms with Crippen LogP contribution in [-0.4, -0.2) is 73.8 Å². The molecule has 1 aliphatic heterocycles. The van der Waals surface area contributed by atoms with Gasteiger partial charge in [-0.1, -0.05) is 0 Å². The zero-order valence-corrected chi connectivity index (χ0v) is 19.1. The molecule has 0 spiro atoms. The van der Waals surface area contributed by atoms with E-state index in [1.807, 2.05) is 24.3 Å². The molecule has 6 nitrogen and oxygen atoms in total. The Hall–Kier alpha value is -0.660. The molecule has 1 aromatic heterocycles. The Morgan fingerprint density at radius 2 is 2.26 bits per heavy atom. The van der Waals surface area contributed by atoms with Crippen LogP contribution < -0.4 is 5.32 Å². The fourth-order valence-corrected chi connectivity index (χ4v) is 3.72. The number of hydrogen-bond donors (Lipinski definition) is 1. The first-order valence-electron chi connectivity index (χ1n) is 8.42. The maximum absolute atomic E-state index is 12.5. The highest BCUT2D eigenvalue weighted by Gasteiger charge is 2.34. The van der Waals surface area contributed by atoms with Gasteiger partial charge in [0.25, 0.3) is 0 Å². The van der Waals surface area contributed by atoms with Crippen molar-refractivity contribution in [2.75, 3.05) is 40.8 Å². The molecule has 11 heteroatoms. The molecule has 1 aliphatic rings. The molecule has 2 heterocycles. The highest BCUT2D eigenvalue weighted by Crippen LogP contribution is 2.22. The Morgan fingerprint density at radius 1 is 1.56 bits per heavy atom. The van der Waals surface area contributed by atoms with E-state index >= 15 is 0 Å². The summed E-state index contributed by atoms with van der Waals surface area (Å²) in [7, 11) is 5.20. The molecule has 0 aromatic carbocycles. The molecule has 2 unspecified atom stereocenters. The van der Waals surface area contributed by atoms with E-state index in [1.165, 1.54) is 4.90 Å². The number of aromatic nitrogens is 1. The van der Waals surface area contributed by atoms with Gasteiger partial charge < -0.3 is 15.0 Å². The molecular weight excluding hydrogens is 494 g/mol. The number of thiazole rings is 1. The minimum atomic E-state index is -4.16. The smallest absolute Gasteiger partial charge is 0.375 e. The van der Waals surface area contributed by atoms with E-state index < -0.39 is 12.7 Å². The number of hydrogen-bond acceptors (Lipinski definition) is 5. The lowest BCUT2D eigenvalue weighted by Crippen LogP contribution is -2.45. The number of guanidine groups is 1. The predicted molar refractivity (Wildman–Crippen MR) is 112 cm³/mol. The second-order valence-electron chi connectivity index (χ2n) is 6.44. The average Bonchev–Trinajstić information content (AvgIpc) is 3.19. The van der Waals surface area contributed by atoms with Gasteiger partial charge in [0.05, 0.1) is 18.8 Å². The lowest BCUT2D eigenvalue weighted by atomic mass is 10.3. The van der Waals surface area contributed by atoms with Crippen molar-refractivity contribution in [3.05, 3.63) is 16.1 Å². The van der Waals surface area contributed by atoms with Gasteiger partial charge in [0.2, 0.25) is 0 Å². The fourth-order valence-electron chi connectivity index (χ4n) is 2.88. The maximum atomic E-state index is 12.5. The second kappa shape index (κ2) is 10.8. The van der Waals surface area contributed by atoms with Gasteiger partial charge in [-0.05, 0) is 13.3 Å². The lowest BCUT2D eigenvalue weighted by molar-refractivity contribution is -0.143. The molecule has 2 atom stereocenters. The number of methoxy groups -OCH3 is 1. The quantitative estimate of drug-likeness (QED) is 0.355. The summed E-state index contributed by atoms with van der Waals surface area (Å²) in [5, 5.41) is 6.16. The number of ether oxygens (including phenoxy) is 1. The summed E-state index contributed by atoms with van der Waals surface area (Å²) >= 11 is 1.55. The molecule has 2 rings (SSSR count). The molecule has 27 heavy (non-hydrogen) atoms. The van der Waals surface area contributed by atoms with E-state index in [0.717, 1.165) is 10.7 Å². The van der Waals surface area contributed by atoms with Crippen molar-refractivity contribution in [1.82, 2.24) is 20.1 Å². The molecule has 0 saturated carbocycles. The predicted octanol–water partition coefficient (Wildman–Crippen LogP) is 3.11. The zero-order valence-electron chi connectivity index (χ0n) is 15.9. The lowest BCUT2D eigenvalue weighted by Gasteiger charge is -2.25. The second-order valence-corrected chi connectivity index (χ2v) is 7.33. The molecule has 0 aliphatic carbocycles. The highest BCUT2D eigenvalue weighted by molar-refractivity contribution is 14.0. The van der Waals surface area contributed by atoms with Crippen LogP contribution in [0.3, 0.4) is 0 Å². The fraction of sp³-hybridized carbons (Fsp3) is 0.750. The number of likely N-dealkylation sites (tertiary alicyclic amines) is 1. The van der Waals surface area contributed by atoms with E-state index in [-0.39, 0.29) is 36.1 Å². The number of aliphatic imine (C=N–C) groups is 1. The largest absolute Gasteiger partial charge is 0.401 e. The Bertz CT molecular complexity index is 613. The van der Waals surface area contributed by atoms with Gasteiger partial charge in [0.1, 0.15) is 11.1 Å². The zero-order chi connectivity index (χ0) is 19.3. The summed E-state index contributed by atoms with van der Waals surface area (Å²) in [6, 6.07) is -0.0435. The van der Waals surface area contributed by atoms with Crippen LogP contribution in [0.1, 0.15) is 30.2 Å². The summed E-state index contributed by atoms with van der Waals surface area (Å²) in [5.74, 6) is 0.651. The Labute approximate surface area is 179 Å². The van der Waals surface area contributed by atoms with Gasteiger partial charge >= 0.3 is 6.18 Å². The molecule has 156 valence electrons. The molecular formula is C16H27F3IN5OS. The van der Waals surface area contributed by atoms with Crippen LogP contribution in [0.2, 0.25) is 0 Å². The molecule has 0 radical (unpaired) electrons. The number of rotatable bonds is 6. The van der Waals surface area contributed by atoms with E-state index in [9.17, 15) is 13.2 Å². The van der Waals surface area contributed by atoms with Crippen LogP contribution >= 0.6 is 35.3 Å². The van der Waals surface area contributed by atoms with Gasteiger partial charge in [-0.15, -0.1) is 35.3 Å². The van der Waals surface area contributed by atoms with Gasteiger partial charge in [-0.25, -0.2) is 4.98 Å². The van der Waals surface area contributed by atoms with Crippen LogP contribution in [0.5, 0.6) is 0 Å². The first-order valence-corrected chi connectivity index (χ1v) is 9.30. The van der Waals surface area contributed by atoms with Gasteiger partial charge in [-0.2, -0.15) is 13.2 Å². The van der Waals surface area contributed by atoms with Gasteiger partial charge in [-0.3, -0.25) is 9.89 Å². The molecule has 0 bridgehead atoms. The van der Waals surface area contributed by atoms with Crippen molar-refractivity contribution in [1.29, 1.82) is 0 Å². The van der Waals surface area contributed by atoms with Crippen molar-refractivity contribution in [3.8, 4) is 0 Å². The molecule has 0 amide bonds. The summed E-state index contributed by atoms with van der Waals surface area (Å²) in [6.45, 7) is 2.44. The van der Waals surface area contributed by atoms with Gasteiger partial charge in [0, 0.05) is 45.7 Å². The van der Waals surface area contributed by atoms with Crippen molar-refractivity contribution < 1.29 is 17.9 Å². The third kappa shape index (κ3) is 7.70. The van der Waals surface area contributed by atoms with E-state index in [0.29, 0.717) is 32.0 Å². The molecule has 1 N–H and O–H groups in total. The number of alkyl halides is 3. The SMILES string of the molecule is CN=C(NC1CCN(CC(F)(F)F)C1)N(C)Cc1csc(C(C)OC)n1.I. The van der Waals surface area contributed by atoms with Crippen molar-refractivity contribution in [3.63, 3.8) is 0 Å². The van der Waals surface area contributed by atoms with Crippen LogP contribution in [0.15, 0.2) is 10.4 Å². The third-order valence-electron chi connectivity index (χ3n) is 4.25. The number of nitrogens with one attached hydrogen (secondary N) is 1. The van der Waals surface area contributed by atoms with E-state index in [4.69, 9.17) is 4.74 Å². The van der Waals surface area contributed by atoms with Crippen LogP contribution in [0, 0.1) is 0 Å². The summed E-state index contributed by atoms with van der Waals surface area (Å²) in [4.78, 5) is 12.1. The highest BCUT2D eigenvalue weighted by atomic mass is 127. The first kappa shape index (κ1) is 24.4. The monoisotopic (exact) mass is 521 g/mol. The van der Waals surface area contributed by atoms with Crippen LogP contribution in [-0.2, 0) is 11.3 Å². The molecule has 1 fully saturated rings. The molecule has 1 saturated heterocycles. The van der Waals surface area contributed by atoms with Crippen molar-refractivity contribution >= 4 is 41.3 Å². The topological polar surface area (TPSA) is 53.0 Å². The first-order chi connectivity index (χ1) is 12.2. The molecule has 1 aromatic rings. The van der Waals surface area contributed by atoms with Crippen LogP contribution in [0.25, 0.3) is 0 Å². The Balaban J connectivity index is 0.00000364. The van der Waals surface area contributed by atoms with E-state index in [2.05, 4.69) is 15.3 Å². The standard InChI is InChI=1S/C16H26F3N5OS.HI/c1-11(25-4)14-21-13(9-26-14)7-23(3)15(20-2)22-12-5-6-24(8-12)10-16(17,18)19;/h9,11-12H,5-8,10H2,1-4H3,(H,20,22);1H. The Morgan fingerprint density at radius 3 is 2.85 bits per heavy atom. The van der Waals surface area contributed by atoms with E-state index in [1.54, 1.807) is 25.5 Å². The minimum Gasteiger partial charge on any atom is -0.375 e. The maximum Gasteiger partial charge on any atom is 0.401 e. The van der Waals surface area contributed by atoms with Crippen molar-refractivity contribution in [2.45, 2.75) is 38.2 Å². The third-order valence-corrected chi connectivity index (χ3v) is 5.31. The normalized spacial score (nSPS) is 19.7. The summed E-state index contributed by atoms with van der Waals surface area (Å²) in [5.41, 5.74) is 0.907. The Kier molecular flexibility index (Phi) is 9.72.